The Bertz CT molecular complexity index is 2400. The topological polar surface area (TPSA) is 138 Å². The first-order chi connectivity index (χ1) is 27.6. The summed E-state index contributed by atoms with van der Waals surface area (Å²) in [5.74, 6) is -0.811. The average molecular weight is 840 g/mol. The van der Waals surface area contributed by atoms with Crippen LogP contribution in [0.1, 0.15) is 0 Å². The number of rotatable bonds is 12. The van der Waals surface area contributed by atoms with Crippen LogP contribution in [0.5, 0.6) is 11.5 Å². The van der Waals surface area contributed by atoms with Gasteiger partial charge in [0.25, 0.3) is 11.8 Å². The van der Waals surface area contributed by atoms with Crippen LogP contribution in [0, 0.1) is 11.6 Å². The average Bonchev–Trinajstić information content (AvgIpc) is 3.16. The van der Waals surface area contributed by atoms with Crippen molar-refractivity contribution in [2.75, 3.05) is 55.6 Å². The summed E-state index contributed by atoms with van der Waals surface area (Å²) < 4.78 is 59.0. The molecular formula is C42H38Cl2F2N2O10. The highest BCUT2D eigenvalue weighted by Crippen LogP contribution is 2.36. The lowest BCUT2D eigenvalue weighted by Crippen LogP contribution is -2.40. The van der Waals surface area contributed by atoms with Crippen molar-refractivity contribution in [3.05, 3.63) is 127 Å². The van der Waals surface area contributed by atoms with Gasteiger partial charge in [0.05, 0.1) is 23.3 Å². The normalized spacial score (nSPS) is 12.0. The fourth-order valence-electron chi connectivity index (χ4n) is 5.81. The lowest BCUT2D eigenvalue weighted by Gasteiger charge is -2.21. The zero-order chi connectivity index (χ0) is 42.3. The second kappa shape index (κ2) is 19.1. The Kier molecular flexibility index (Phi) is 14.3. The second-order valence-corrected chi connectivity index (χ2v) is 13.9. The summed E-state index contributed by atoms with van der Waals surface area (Å²) in [6.45, 7) is 0.119. The molecule has 6 rings (SSSR count). The van der Waals surface area contributed by atoms with Crippen molar-refractivity contribution in [3.8, 4) is 33.8 Å². The number of hydrogen-bond acceptors (Lipinski definition) is 10. The molecule has 0 bridgehead atoms. The highest BCUT2D eigenvalue weighted by molar-refractivity contribution is 6.34. The summed E-state index contributed by atoms with van der Waals surface area (Å²) >= 11 is 12.3. The smallest absolute Gasteiger partial charge is 0.336 e. The van der Waals surface area contributed by atoms with Crippen molar-refractivity contribution in [3.63, 3.8) is 0 Å². The van der Waals surface area contributed by atoms with E-state index in [4.69, 9.17) is 51.0 Å². The van der Waals surface area contributed by atoms with Gasteiger partial charge in [0.15, 0.2) is 12.2 Å². The monoisotopic (exact) mass is 838 g/mol. The molecule has 0 saturated carbocycles. The molecule has 0 aliphatic heterocycles. The van der Waals surface area contributed by atoms with Gasteiger partial charge in [0.2, 0.25) is 0 Å². The summed E-state index contributed by atoms with van der Waals surface area (Å²) in [6.07, 6.45) is -1.71. The van der Waals surface area contributed by atoms with E-state index in [0.717, 1.165) is 0 Å². The van der Waals surface area contributed by atoms with Gasteiger partial charge in [-0.1, -0.05) is 23.2 Å². The van der Waals surface area contributed by atoms with E-state index in [1.54, 1.807) is 52.5 Å². The minimum absolute atomic E-state index is 0.0597. The van der Waals surface area contributed by atoms with Crippen LogP contribution in [0.15, 0.2) is 103 Å². The number of carbonyl (C=O) groups is 2. The molecule has 2 amide bonds. The van der Waals surface area contributed by atoms with Crippen molar-refractivity contribution in [1.29, 1.82) is 0 Å². The van der Waals surface area contributed by atoms with Crippen molar-refractivity contribution < 1.29 is 46.2 Å². The first kappa shape index (κ1) is 43.3. The molecule has 12 nitrogen and oxygen atoms in total. The van der Waals surface area contributed by atoms with Crippen LogP contribution in [-0.4, -0.2) is 89.4 Å². The van der Waals surface area contributed by atoms with E-state index in [1.807, 2.05) is 0 Å². The molecule has 304 valence electrons. The lowest BCUT2D eigenvalue weighted by molar-refractivity contribution is -0.139. The van der Waals surface area contributed by atoms with Crippen molar-refractivity contribution >= 4 is 57.0 Å². The third kappa shape index (κ3) is 10.4. The zero-order valence-electron chi connectivity index (χ0n) is 32.1. The van der Waals surface area contributed by atoms with Gasteiger partial charge in [-0.25, -0.2) is 18.4 Å². The van der Waals surface area contributed by atoms with Crippen molar-refractivity contribution in [1.82, 2.24) is 9.80 Å². The fourth-order valence-corrected chi connectivity index (χ4v) is 6.35. The summed E-state index contributed by atoms with van der Waals surface area (Å²) in [4.78, 5) is 51.5. The number of halogens is 4. The number of methoxy groups -OCH3 is 2. The van der Waals surface area contributed by atoms with Crippen LogP contribution in [0.25, 0.3) is 44.2 Å². The Balaban J connectivity index is 0.000000221. The molecule has 0 aliphatic carbocycles. The van der Waals surface area contributed by atoms with Crippen LogP contribution < -0.4 is 20.7 Å². The molecule has 0 fully saturated rings. The Morgan fingerprint density at radius 2 is 0.966 bits per heavy atom. The van der Waals surface area contributed by atoms with Gasteiger partial charge in [0, 0.05) is 99.7 Å². The first-order valence-corrected chi connectivity index (χ1v) is 18.2. The molecule has 2 atom stereocenters. The van der Waals surface area contributed by atoms with E-state index < -0.39 is 35.1 Å². The number of likely N-dealkylation sites (N-methyl/N-ethyl adjacent to an activating group) is 2. The summed E-state index contributed by atoms with van der Waals surface area (Å²) in [7, 11) is 9.41. The summed E-state index contributed by atoms with van der Waals surface area (Å²) in [5.41, 5.74) is 1.32. The Morgan fingerprint density at radius 1 is 0.586 bits per heavy atom. The largest absolute Gasteiger partial charge is 0.478 e. The van der Waals surface area contributed by atoms with Gasteiger partial charge in [-0.2, -0.15) is 0 Å². The van der Waals surface area contributed by atoms with Crippen molar-refractivity contribution in [2.24, 2.45) is 0 Å². The van der Waals surface area contributed by atoms with E-state index >= 15 is 0 Å². The second-order valence-electron chi connectivity index (χ2n) is 13.1. The van der Waals surface area contributed by atoms with Crippen LogP contribution >= 0.6 is 23.2 Å². The van der Waals surface area contributed by atoms with Gasteiger partial charge in [-0.05, 0) is 60.7 Å². The van der Waals surface area contributed by atoms with Crippen LogP contribution in [0.2, 0.25) is 10.0 Å². The molecule has 0 radical (unpaired) electrons. The molecule has 0 spiro atoms. The molecule has 16 heteroatoms. The summed E-state index contributed by atoms with van der Waals surface area (Å²) in [6, 6.07) is 20.2. The third-order valence-electron chi connectivity index (χ3n) is 8.50. The molecule has 58 heavy (non-hydrogen) atoms. The molecule has 0 N–H and O–H groups in total. The number of amides is 2. The quantitative estimate of drug-likeness (QED) is 0.114. The van der Waals surface area contributed by atoms with Crippen LogP contribution in [-0.2, 0) is 19.1 Å². The number of hydrogen-bond donors (Lipinski definition) is 0. The van der Waals surface area contributed by atoms with E-state index in [9.17, 15) is 28.0 Å². The number of ether oxygens (including phenoxy) is 4. The molecule has 6 aromatic rings. The molecule has 0 saturated heterocycles. The first-order valence-electron chi connectivity index (χ1n) is 17.4. The van der Waals surface area contributed by atoms with Gasteiger partial charge in [0.1, 0.15) is 34.3 Å². The third-order valence-corrected chi connectivity index (χ3v) is 9.13. The van der Waals surface area contributed by atoms with Crippen LogP contribution in [0.3, 0.4) is 0 Å². The van der Waals surface area contributed by atoms with Gasteiger partial charge >= 0.3 is 11.3 Å². The number of carbonyl (C=O) groups excluding carboxylic acids is 2. The molecule has 2 unspecified atom stereocenters. The lowest BCUT2D eigenvalue weighted by atomic mass is 10.0. The predicted octanol–water partition coefficient (Wildman–Crippen LogP) is 7.47. The van der Waals surface area contributed by atoms with Crippen LogP contribution in [0.4, 0.5) is 8.78 Å². The Hall–Kier alpha value is -5.80. The van der Waals surface area contributed by atoms with E-state index in [-0.39, 0.29) is 46.2 Å². The molecule has 4 aromatic carbocycles. The van der Waals surface area contributed by atoms with Gasteiger partial charge < -0.3 is 37.6 Å². The zero-order valence-corrected chi connectivity index (χ0v) is 33.7. The highest BCUT2D eigenvalue weighted by Gasteiger charge is 2.24. The molecule has 0 aliphatic rings. The number of fused-ring (bicyclic) bond motifs is 2. The van der Waals surface area contributed by atoms with Gasteiger partial charge in [-0.3, -0.25) is 9.59 Å². The molecule has 2 aromatic heterocycles. The molecular weight excluding hydrogens is 801 g/mol. The maximum atomic E-state index is 13.4. The Labute approximate surface area is 341 Å². The number of benzene rings is 4. The minimum Gasteiger partial charge on any atom is -0.478 e. The maximum Gasteiger partial charge on any atom is 0.336 e. The van der Waals surface area contributed by atoms with Crippen molar-refractivity contribution in [2.45, 2.75) is 12.2 Å². The fraction of sp³-hybridized carbons (Fsp3) is 0.238. The van der Waals surface area contributed by atoms with E-state index in [1.165, 1.54) is 84.7 Å². The molecule has 2 heterocycles. The maximum absolute atomic E-state index is 13.4. The highest BCUT2D eigenvalue weighted by atomic mass is 35.5. The Morgan fingerprint density at radius 3 is 1.29 bits per heavy atom. The van der Waals surface area contributed by atoms with E-state index in [2.05, 4.69) is 0 Å². The predicted molar refractivity (Wildman–Crippen MR) is 216 cm³/mol. The number of nitrogens with zero attached hydrogens (tertiary/aromatic N) is 2. The minimum atomic E-state index is -0.853. The summed E-state index contributed by atoms with van der Waals surface area (Å²) in [5, 5.41) is 1.53. The van der Waals surface area contributed by atoms with Gasteiger partial charge in [-0.15, -0.1) is 0 Å². The van der Waals surface area contributed by atoms with E-state index in [0.29, 0.717) is 44.5 Å². The SMILES string of the molecule is COCC(Oc1ccc2c(-c3ccc(F)cc3Cl)cc(=O)oc2c1)C(=O)N(C)C.COCC(Oc1ccc2c(-c3ccc(F)cc3Cl)cc(=O)oc2c1)C(=O)N(C)C. The standard InChI is InChI=1S/2C21H19ClFNO5/c2*1-24(2)21(26)19(11-27-3)28-13-5-7-15-16(10-20(25)29-18(15)9-13)14-6-4-12(23)8-17(14)22/h2*4-10,19H,11H2,1-3H3.